The van der Waals surface area contributed by atoms with Crippen LogP contribution in [0.4, 0.5) is 0 Å². The van der Waals surface area contributed by atoms with Crippen LogP contribution in [-0.4, -0.2) is 23.9 Å². The largest absolute Gasteiger partial charge is 0.365 e. The van der Waals surface area contributed by atoms with E-state index in [9.17, 15) is 9.59 Å². The Hall–Kier alpha value is -4.06. The highest BCUT2D eigenvalue weighted by atomic mass is 16.7. The Morgan fingerprint density at radius 3 is 1.54 bits per heavy atom. The second kappa shape index (κ2) is 9.59. The van der Waals surface area contributed by atoms with Gasteiger partial charge >= 0.3 is 11.9 Å². The molecule has 0 aromatic heterocycles. The molecule has 0 aliphatic carbocycles. The van der Waals surface area contributed by atoms with Gasteiger partial charge in [-0.1, -0.05) is 77.0 Å². The Morgan fingerprint density at radius 2 is 1.04 bits per heavy atom. The zero-order valence-corrected chi connectivity index (χ0v) is 14.8. The molecule has 0 fully saturated rings. The molecule has 0 saturated carbocycles. The average Bonchev–Trinajstić information content (AvgIpc) is 2.77. The van der Waals surface area contributed by atoms with Gasteiger partial charge in [0.1, 0.15) is 5.71 Å². The lowest BCUT2D eigenvalue weighted by Gasteiger charge is -2.02. The summed E-state index contributed by atoms with van der Waals surface area (Å²) in [5, 5.41) is 7.54. The van der Waals surface area contributed by atoms with Crippen molar-refractivity contribution in [3.05, 3.63) is 108 Å². The molecule has 3 aromatic rings. The van der Waals surface area contributed by atoms with Crippen molar-refractivity contribution in [1.29, 1.82) is 0 Å². The summed E-state index contributed by atoms with van der Waals surface area (Å²) in [7, 11) is 0. The summed E-state index contributed by atoms with van der Waals surface area (Å²) in [6.07, 6.45) is 1.22. The smallest absolute Gasteiger partial charge is 0.313 e. The molecule has 3 rings (SSSR count). The summed E-state index contributed by atoms with van der Waals surface area (Å²) in [6, 6.07) is 25.9. The predicted octanol–water partition coefficient (Wildman–Crippen LogP) is 4.09. The van der Waals surface area contributed by atoms with Crippen molar-refractivity contribution in [3.8, 4) is 0 Å². The molecule has 0 unspecified atom stereocenters. The van der Waals surface area contributed by atoms with Gasteiger partial charge < -0.3 is 9.68 Å². The van der Waals surface area contributed by atoms with E-state index in [-0.39, 0.29) is 5.71 Å². The molecule has 3 aromatic carbocycles. The fourth-order valence-electron chi connectivity index (χ4n) is 2.23. The van der Waals surface area contributed by atoms with Gasteiger partial charge in [-0.3, -0.25) is 0 Å². The summed E-state index contributed by atoms with van der Waals surface area (Å²) < 4.78 is 0. The molecule has 0 radical (unpaired) electrons. The van der Waals surface area contributed by atoms with Gasteiger partial charge in [-0.25, -0.2) is 9.59 Å². The van der Waals surface area contributed by atoms with E-state index in [1.54, 1.807) is 84.9 Å². The van der Waals surface area contributed by atoms with Crippen LogP contribution < -0.4 is 0 Å². The summed E-state index contributed by atoms with van der Waals surface area (Å²) in [6.45, 7) is 0. The monoisotopic (exact) mass is 372 g/mol. The standard InChI is InChI=1S/C22H16N2O4/c25-21(18-12-6-2-7-13-18)27-23-16-20(17-10-4-1-5-11-17)24-28-22(26)19-14-8-3-9-15-19/h1-16H/b23-16+,24-20-. The van der Waals surface area contributed by atoms with Gasteiger partial charge in [0.15, 0.2) is 0 Å². The van der Waals surface area contributed by atoms with Crippen LogP contribution in [0.2, 0.25) is 0 Å². The van der Waals surface area contributed by atoms with E-state index in [0.29, 0.717) is 16.7 Å². The van der Waals surface area contributed by atoms with Crippen LogP contribution in [0.5, 0.6) is 0 Å². The van der Waals surface area contributed by atoms with E-state index in [4.69, 9.17) is 9.68 Å². The normalized spacial score (nSPS) is 11.2. The van der Waals surface area contributed by atoms with Crippen LogP contribution in [0, 0.1) is 0 Å². The Morgan fingerprint density at radius 1 is 0.607 bits per heavy atom. The number of carbonyl (C=O) groups is 2. The minimum absolute atomic E-state index is 0.228. The number of hydrogen-bond acceptors (Lipinski definition) is 6. The van der Waals surface area contributed by atoms with Gasteiger partial charge in [-0.2, -0.15) is 0 Å². The molecule has 0 aliphatic rings. The second-order valence-electron chi connectivity index (χ2n) is 5.57. The van der Waals surface area contributed by atoms with E-state index < -0.39 is 11.9 Å². The van der Waals surface area contributed by atoms with Crippen LogP contribution >= 0.6 is 0 Å². The van der Waals surface area contributed by atoms with Crippen molar-refractivity contribution in [1.82, 2.24) is 0 Å². The molecule has 6 heteroatoms. The second-order valence-corrected chi connectivity index (χ2v) is 5.57. The summed E-state index contributed by atoms with van der Waals surface area (Å²) in [5.41, 5.74) is 1.60. The molecule has 138 valence electrons. The molecule has 0 N–H and O–H groups in total. The lowest BCUT2D eigenvalue weighted by atomic mass is 10.1. The molecular weight excluding hydrogens is 356 g/mol. The Labute approximate surface area is 161 Å². The first-order valence-electron chi connectivity index (χ1n) is 8.43. The van der Waals surface area contributed by atoms with E-state index in [1.165, 1.54) is 6.21 Å². The maximum Gasteiger partial charge on any atom is 0.365 e. The van der Waals surface area contributed by atoms with Gasteiger partial charge in [0.25, 0.3) is 0 Å². The molecule has 6 nitrogen and oxygen atoms in total. The van der Waals surface area contributed by atoms with Gasteiger partial charge in [0.05, 0.1) is 17.3 Å². The number of hydrogen-bond donors (Lipinski definition) is 0. The molecule has 0 bridgehead atoms. The molecule has 0 amide bonds. The topological polar surface area (TPSA) is 77.3 Å². The minimum Gasteiger partial charge on any atom is -0.313 e. The number of carbonyl (C=O) groups excluding carboxylic acids is 2. The zero-order valence-electron chi connectivity index (χ0n) is 14.8. The molecule has 0 aliphatic heterocycles. The van der Waals surface area contributed by atoms with E-state index in [0.717, 1.165) is 0 Å². The Bertz CT molecular complexity index is 985. The average molecular weight is 372 g/mol. The van der Waals surface area contributed by atoms with Crippen LogP contribution in [0.1, 0.15) is 26.3 Å². The van der Waals surface area contributed by atoms with Gasteiger partial charge in [0, 0.05) is 5.56 Å². The van der Waals surface area contributed by atoms with Crippen LogP contribution in [0.3, 0.4) is 0 Å². The number of oxime groups is 2. The van der Waals surface area contributed by atoms with Crippen molar-refractivity contribution in [2.45, 2.75) is 0 Å². The summed E-state index contributed by atoms with van der Waals surface area (Å²) in [5.74, 6) is -1.21. The van der Waals surface area contributed by atoms with Crippen LogP contribution in [0.25, 0.3) is 0 Å². The predicted molar refractivity (Wildman–Crippen MR) is 105 cm³/mol. The molecule has 28 heavy (non-hydrogen) atoms. The van der Waals surface area contributed by atoms with Crippen molar-refractivity contribution < 1.29 is 19.3 Å². The first-order valence-corrected chi connectivity index (χ1v) is 8.43. The number of rotatable bonds is 6. The number of benzene rings is 3. The molecule has 0 heterocycles. The van der Waals surface area contributed by atoms with Crippen molar-refractivity contribution in [3.63, 3.8) is 0 Å². The van der Waals surface area contributed by atoms with Crippen molar-refractivity contribution in [2.24, 2.45) is 10.3 Å². The first-order chi connectivity index (χ1) is 13.7. The van der Waals surface area contributed by atoms with Gasteiger partial charge in [-0.05, 0) is 24.3 Å². The Balaban J connectivity index is 1.74. The maximum atomic E-state index is 12.1. The number of nitrogens with zero attached hydrogens (tertiary/aromatic N) is 2. The SMILES string of the molecule is O=C(O/N=C/C(=N/OC(=O)c1ccccc1)c1ccccc1)c1ccccc1. The van der Waals surface area contributed by atoms with Crippen LogP contribution in [-0.2, 0) is 9.68 Å². The summed E-state index contributed by atoms with van der Waals surface area (Å²) in [4.78, 5) is 33.9. The van der Waals surface area contributed by atoms with Crippen molar-refractivity contribution >= 4 is 23.9 Å². The van der Waals surface area contributed by atoms with Gasteiger partial charge in [-0.15, -0.1) is 0 Å². The third-order valence-electron chi connectivity index (χ3n) is 3.63. The third kappa shape index (κ3) is 5.22. The molecular formula is C22H16N2O4. The minimum atomic E-state index is -0.608. The first kappa shape index (κ1) is 18.7. The fourth-order valence-corrected chi connectivity index (χ4v) is 2.23. The zero-order chi connectivity index (χ0) is 19.6. The fraction of sp³-hybridized carbons (Fsp3) is 0. The third-order valence-corrected chi connectivity index (χ3v) is 3.63. The van der Waals surface area contributed by atoms with Crippen molar-refractivity contribution in [2.75, 3.05) is 0 Å². The molecule has 0 atom stereocenters. The lowest BCUT2D eigenvalue weighted by molar-refractivity contribution is 0.0504. The quantitative estimate of drug-likeness (QED) is 0.371. The van der Waals surface area contributed by atoms with Crippen LogP contribution in [0.15, 0.2) is 101 Å². The lowest BCUT2D eigenvalue weighted by Crippen LogP contribution is -2.09. The van der Waals surface area contributed by atoms with Gasteiger partial charge in [0.2, 0.25) is 0 Å². The van der Waals surface area contributed by atoms with E-state index in [2.05, 4.69) is 10.3 Å². The van der Waals surface area contributed by atoms with E-state index >= 15 is 0 Å². The highest BCUT2D eigenvalue weighted by molar-refractivity contribution is 6.38. The molecule has 0 saturated heterocycles. The summed E-state index contributed by atoms with van der Waals surface area (Å²) >= 11 is 0. The highest BCUT2D eigenvalue weighted by Crippen LogP contribution is 2.05. The Kier molecular flexibility index (Phi) is 6.41. The van der Waals surface area contributed by atoms with E-state index in [1.807, 2.05) is 6.07 Å². The molecule has 0 spiro atoms. The highest BCUT2D eigenvalue weighted by Gasteiger charge is 2.09. The maximum absolute atomic E-state index is 12.1.